The van der Waals surface area contributed by atoms with E-state index in [1.165, 1.54) is 0 Å². The van der Waals surface area contributed by atoms with Gasteiger partial charge in [-0.1, -0.05) is 97.7 Å². The van der Waals surface area contributed by atoms with Crippen molar-refractivity contribution in [2.45, 2.75) is 26.7 Å². The van der Waals surface area contributed by atoms with Crippen molar-refractivity contribution in [1.82, 2.24) is 0 Å². The Balaban J connectivity index is 1.61. The summed E-state index contributed by atoms with van der Waals surface area (Å²) in [5.74, 6) is 0.345. The van der Waals surface area contributed by atoms with Crippen LogP contribution in [0.3, 0.4) is 0 Å². The van der Waals surface area contributed by atoms with E-state index >= 15 is 0 Å². The molecule has 0 saturated heterocycles. The molecule has 0 fully saturated rings. The molecular weight excluding hydrogens is 587 g/mol. The number of aromatic hydroxyl groups is 2. The maximum atomic E-state index is 10.9. The molecule has 0 bridgehead atoms. The lowest BCUT2D eigenvalue weighted by Gasteiger charge is -2.16. The SMILES string of the molecule is CCc1cc(Cl)cc(C=Nc2ccc3ccccc3c2-c2c(N=Cc3cc(Cl)cc(CC)c3O)ccc3ccccc23)c1O. The number of phenolic OH excluding ortho intramolecular Hbond substituents is 2. The molecule has 6 aromatic rings. The molecule has 0 amide bonds. The molecular formula is C38H30Cl2N2O2. The normalized spacial score (nSPS) is 11.8. The smallest absolute Gasteiger partial charge is 0.127 e. The van der Waals surface area contributed by atoms with Crippen LogP contribution in [0.5, 0.6) is 11.5 Å². The summed E-state index contributed by atoms with van der Waals surface area (Å²) in [6.45, 7) is 3.95. The van der Waals surface area contributed by atoms with Crippen LogP contribution in [0.15, 0.2) is 107 Å². The molecule has 2 N–H and O–H groups in total. The van der Waals surface area contributed by atoms with Gasteiger partial charge in [-0.2, -0.15) is 0 Å². The molecule has 4 nitrogen and oxygen atoms in total. The predicted octanol–water partition coefficient (Wildman–Crippen LogP) is 11.0. The molecule has 0 heterocycles. The largest absolute Gasteiger partial charge is 0.507 e. The molecule has 0 saturated carbocycles. The van der Waals surface area contributed by atoms with Gasteiger partial charge in [-0.05, 0) is 81.9 Å². The summed E-state index contributed by atoms with van der Waals surface area (Å²) in [5, 5.41) is 27.0. The Kier molecular flexibility index (Phi) is 8.38. The Morgan fingerprint density at radius 2 is 0.977 bits per heavy atom. The molecule has 44 heavy (non-hydrogen) atoms. The fourth-order valence-electron chi connectivity index (χ4n) is 5.63. The zero-order chi connectivity index (χ0) is 30.8. The van der Waals surface area contributed by atoms with E-state index in [1.54, 1.807) is 36.7 Å². The van der Waals surface area contributed by atoms with Crippen LogP contribution in [0.1, 0.15) is 36.1 Å². The Morgan fingerprint density at radius 3 is 1.39 bits per heavy atom. The number of rotatable bonds is 7. The summed E-state index contributed by atoms with van der Waals surface area (Å²) in [4.78, 5) is 9.88. The Morgan fingerprint density at radius 1 is 0.568 bits per heavy atom. The minimum absolute atomic E-state index is 0.172. The van der Waals surface area contributed by atoms with Crippen molar-refractivity contribution < 1.29 is 10.2 Å². The van der Waals surface area contributed by atoms with Gasteiger partial charge in [-0.15, -0.1) is 0 Å². The Bertz CT molecular complexity index is 1950. The number of nitrogens with zero attached hydrogens (tertiary/aromatic N) is 2. The summed E-state index contributed by atoms with van der Waals surface area (Å²) in [7, 11) is 0. The number of hydrogen-bond donors (Lipinski definition) is 2. The zero-order valence-corrected chi connectivity index (χ0v) is 25.9. The van der Waals surface area contributed by atoms with E-state index in [4.69, 9.17) is 33.2 Å². The highest BCUT2D eigenvalue weighted by Crippen LogP contribution is 2.45. The van der Waals surface area contributed by atoms with Crippen LogP contribution >= 0.6 is 23.2 Å². The average molecular weight is 618 g/mol. The van der Waals surface area contributed by atoms with E-state index in [2.05, 4.69) is 24.3 Å². The molecule has 0 atom stereocenters. The average Bonchev–Trinajstić information content (AvgIpc) is 3.04. The van der Waals surface area contributed by atoms with Crippen LogP contribution < -0.4 is 0 Å². The van der Waals surface area contributed by atoms with E-state index in [0.717, 1.165) is 43.8 Å². The standard InChI is InChI=1S/C38H30Cl2N2O2/c1-3-23-17-29(39)19-27(37(23)43)21-41-33-15-13-25-9-5-7-11-31(25)35(33)36-32-12-8-6-10-26(32)14-16-34(36)42-22-28-20-30(40)18-24(4-2)38(28)44/h5-22,43-44H,3-4H2,1-2H3. The van der Waals surface area contributed by atoms with Gasteiger partial charge in [0.15, 0.2) is 0 Å². The van der Waals surface area contributed by atoms with Crippen LogP contribution in [0.25, 0.3) is 32.7 Å². The topological polar surface area (TPSA) is 65.2 Å². The van der Waals surface area contributed by atoms with Crippen molar-refractivity contribution in [3.63, 3.8) is 0 Å². The number of aryl methyl sites for hydroxylation is 2. The predicted molar refractivity (Wildman–Crippen MR) is 186 cm³/mol. The van der Waals surface area contributed by atoms with Crippen LogP contribution in [-0.2, 0) is 12.8 Å². The highest BCUT2D eigenvalue weighted by molar-refractivity contribution is 6.31. The second kappa shape index (κ2) is 12.5. The molecule has 0 radical (unpaired) electrons. The first-order valence-electron chi connectivity index (χ1n) is 14.5. The van der Waals surface area contributed by atoms with Crippen molar-refractivity contribution in [2.75, 3.05) is 0 Å². The molecule has 0 aliphatic rings. The lowest BCUT2D eigenvalue weighted by Crippen LogP contribution is -1.91. The second-order valence-electron chi connectivity index (χ2n) is 10.6. The fraction of sp³-hybridized carbons (Fsp3) is 0.105. The van der Waals surface area contributed by atoms with Crippen molar-refractivity contribution in [3.05, 3.63) is 129 Å². The van der Waals surface area contributed by atoms with Gasteiger partial charge in [0.05, 0.1) is 11.4 Å². The van der Waals surface area contributed by atoms with Crippen LogP contribution in [0.4, 0.5) is 11.4 Å². The Labute approximate surface area is 266 Å². The lowest BCUT2D eigenvalue weighted by atomic mass is 9.91. The molecule has 0 aliphatic heterocycles. The van der Waals surface area contributed by atoms with Gasteiger partial charge in [0, 0.05) is 44.7 Å². The van der Waals surface area contributed by atoms with Gasteiger partial charge in [0.2, 0.25) is 0 Å². The minimum Gasteiger partial charge on any atom is -0.507 e. The van der Waals surface area contributed by atoms with Gasteiger partial charge in [0.1, 0.15) is 11.5 Å². The third kappa shape index (κ3) is 5.67. The third-order valence-electron chi connectivity index (χ3n) is 7.88. The van der Waals surface area contributed by atoms with Gasteiger partial charge < -0.3 is 10.2 Å². The van der Waals surface area contributed by atoms with E-state index in [9.17, 15) is 10.2 Å². The molecule has 0 unspecified atom stereocenters. The van der Waals surface area contributed by atoms with Gasteiger partial charge >= 0.3 is 0 Å². The quantitative estimate of drug-likeness (QED) is 0.175. The number of hydrogen-bond acceptors (Lipinski definition) is 4. The maximum Gasteiger partial charge on any atom is 0.127 e. The minimum atomic E-state index is 0.172. The molecule has 6 aromatic carbocycles. The van der Waals surface area contributed by atoms with Crippen LogP contribution in [0, 0.1) is 0 Å². The van der Waals surface area contributed by atoms with Crippen molar-refractivity contribution in [1.29, 1.82) is 0 Å². The molecule has 6 heteroatoms. The third-order valence-corrected chi connectivity index (χ3v) is 8.31. The van der Waals surface area contributed by atoms with E-state index < -0.39 is 0 Å². The summed E-state index contributed by atoms with van der Waals surface area (Å²) in [5.41, 5.74) is 5.87. The first-order chi connectivity index (χ1) is 21.4. The second-order valence-corrected chi connectivity index (χ2v) is 11.5. The summed E-state index contributed by atoms with van der Waals surface area (Å²) in [6.07, 6.45) is 4.62. The van der Waals surface area contributed by atoms with Gasteiger partial charge in [-0.25, -0.2) is 0 Å². The van der Waals surface area contributed by atoms with Gasteiger partial charge in [-0.3, -0.25) is 9.98 Å². The first-order valence-corrected chi connectivity index (χ1v) is 15.3. The number of halogens is 2. The van der Waals surface area contributed by atoms with E-state index in [1.807, 2.05) is 62.4 Å². The highest BCUT2D eigenvalue weighted by atomic mass is 35.5. The first kappa shape index (κ1) is 29.4. The van der Waals surface area contributed by atoms with Crippen LogP contribution in [-0.4, -0.2) is 22.6 Å². The van der Waals surface area contributed by atoms with Gasteiger partial charge in [0.25, 0.3) is 0 Å². The number of benzene rings is 6. The van der Waals surface area contributed by atoms with E-state index in [-0.39, 0.29) is 11.5 Å². The summed E-state index contributed by atoms with van der Waals surface area (Å²) >= 11 is 12.8. The Hall–Kier alpha value is -4.64. The van der Waals surface area contributed by atoms with Crippen LogP contribution in [0.2, 0.25) is 10.0 Å². The molecule has 0 aliphatic carbocycles. The number of aliphatic imine (C=N–C) groups is 2. The van der Waals surface area contributed by atoms with E-state index in [0.29, 0.717) is 45.4 Å². The number of phenols is 2. The van der Waals surface area contributed by atoms with Crippen molar-refractivity contribution in [2.24, 2.45) is 9.98 Å². The number of fused-ring (bicyclic) bond motifs is 2. The molecule has 6 rings (SSSR count). The maximum absolute atomic E-state index is 10.9. The lowest BCUT2D eigenvalue weighted by molar-refractivity contribution is 0.467. The highest BCUT2D eigenvalue weighted by Gasteiger charge is 2.17. The van der Waals surface area contributed by atoms with Crippen molar-refractivity contribution in [3.8, 4) is 22.6 Å². The summed E-state index contributed by atoms with van der Waals surface area (Å²) < 4.78 is 0. The molecule has 0 spiro atoms. The monoisotopic (exact) mass is 616 g/mol. The summed E-state index contributed by atoms with van der Waals surface area (Å²) in [6, 6.07) is 31.4. The zero-order valence-electron chi connectivity index (χ0n) is 24.4. The molecule has 218 valence electrons. The fourth-order valence-corrected chi connectivity index (χ4v) is 6.13. The van der Waals surface area contributed by atoms with Crippen molar-refractivity contribution >= 4 is 68.6 Å². The molecule has 0 aromatic heterocycles.